The summed E-state index contributed by atoms with van der Waals surface area (Å²) in [7, 11) is 0. The molecule has 13 heteroatoms. The molecule has 0 unspecified atom stereocenters. The number of carbonyl (C=O) groups is 4. The van der Waals surface area contributed by atoms with E-state index in [9.17, 15) is 24.3 Å². The molecule has 0 saturated carbocycles. The molecule has 1 aromatic heterocycles. The van der Waals surface area contributed by atoms with Gasteiger partial charge >= 0.3 is 0 Å². The molecule has 3 heterocycles. The minimum absolute atomic E-state index is 0.0264. The lowest BCUT2D eigenvalue weighted by molar-refractivity contribution is -0.135. The molecule has 13 nitrogen and oxygen atoms in total. The van der Waals surface area contributed by atoms with Gasteiger partial charge in [-0.2, -0.15) is 0 Å². The monoisotopic (exact) mass is 619 g/mol. The maximum absolute atomic E-state index is 13.5. The normalized spacial score (nSPS) is 21.2. The number of hydrogen-bond donors (Lipinski definition) is 5. The van der Waals surface area contributed by atoms with Crippen LogP contribution in [0.15, 0.2) is 60.8 Å². The first-order chi connectivity index (χ1) is 21.6. The molecule has 5 N–H and O–H groups in total. The van der Waals surface area contributed by atoms with E-state index in [1.165, 1.54) is 6.92 Å². The largest absolute Gasteiger partial charge is 0.494 e. The van der Waals surface area contributed by atoms with Gasteiger partial charge in [0.1, 0.15) is 29.6 Å². The Bertz CT molecular complexity index is 1440. The summed E-state index contributed by atoms with van der Waals surface area (Å²) in [6, 6.07) is 12.3. The molecule has 0 radical (unpaired) electrons. The smallest absolute Gasteiger partial charge is 0.251 e. The Hall–Kier alpha value is -4.78. The van der Waals surface area contributed by atoms with Gasteiger partial charge in [-0.25, -0.2) is 0 Å². The number of aliphatic hydroxyl groups is 1. The lowest BCUT2D eigenvalue weighted by atomic mass is 10.0. The third kappa shape index (κ3) is 9.86. The maximum Gasteiger partial charge on any atom is 0.251 e. The summed E-state index contributed by atoms with van der Waals surface area (Å²) in [6.45, 7) is 6.19. The number of rotatable bonds is 5. The van der Waals surface area contributed by atoms with Crippen LogP contribution in [0.1, 0.15) is 55.2 Å². The highest BCUT2D eigenvalue weighted by Gasteiger charge is 2.33. The number of ether oxygens (including phenoxy) is 1. The third-order valence-corrected chi connectivity index (χ3v) is 7.25. The Morgan fingerprint density at radius 1 is 0.911 bits per heavy atom. The van der Waals surface area contributed by atoms with E-state index in [1.807, 2.05) is 44.2 Å². The van der Waals surface area contributed by atoms with E-state index in [1.54, 1.807) is 35.1 Å². The van der Waals surface area contributed by atoms with Gasteiger partial charge in [0.2, 0.25) is 17.7 Å². The topological polar surface area (TPSA) is 177 Å². The molecule has 0 saturated heterocycles. The van der Waals surface area contributed by atoms with E-state index < -0.39 is 47.9 Å². The fourth-order valence-corrected chi connectivity index (χ4v) is 4.87. The molecular formula is C32H41N7O6. The van der Waals surface area contributed by atoms with E-state index in [0.717, 1.165) is 5.56 Å². The Balaban J connectivity index is 1.60. The number of fused-ring (bicyclic) bond motifs is 16. The van der Waals surface area contributed by atoms with Gasteiger partial charge in [0.15, 0.2) is 0 Å². The molecule has 4 atom stereocenters. The van der Waals surface area contributed by atoms with Crippen molar-refractivity contribution in [3.63, 3.8) is 0 Å². The zero-order valence-corrected chi connectivity index (χ0v) is 25.7. The van der Waals surface area contributed by atoms with E-state index in [4.69, 9.17) is 4.74 Å². The fraction of sp³-hybridized carbons (Fsp3) is 0.438. The Morgan fingerprint density at radius 3 is 2.33 bits per heavy atom. The molecule has 0 spiro atoms. The highest BCUT2D eigenvalue weighted by Crippen LogP contribution is 2.14. The van der Waals surface area contributed by atoms with Gasteiger partial charge in [-0.3, -0.25) is 23.9 Å². The number of nitrogens with zero attached hydrogens (tertiary/aromatic N) is 3. The van der Waals surface area contributed by atoms with Crippen LogP contribution in [-0.2, 0) is 33.9 Å². The number of aromatic nitrogens is 3. The van der Waals surface area contributed by atoms with Gasteiger partial charge in [-0.15, -0.1) is 5.10 Å². The summed E-state index contributed by atoms with van der Waals surface area (Å²) in [5, 5.41) is 29.6. The number of hydrogen-bond acceptors (Lipinski definition) is 8. The van der Waals surface area contributed by atoms with E-state index in [2.05, 4.69) is 31.6 Å². The standard InChI is InChI=1S/C32H41N7O6/c1-20(2)16-26-31(43)36-28(21(3)40)32(44)35-27(17-22-8-5-4-6-9-22)30(42)33-18-24-19-39(38-37-24)14-7-15-45-25-12-10-23(11-13-25)29(41)34-26/h4-6,8-13,19-21,26-28,40H,7,14-18H2,1-3H3,(H,33,42)(H,34,41)(H,35,44)(H,36,43)/t21-,26-,27-,28+/m1/s1. The van der Waals surface area contributed by atoms with Crippen LogP contribution in [0.5, 0.6) is 5.75 Å². The van der Waals surface area contributed by atoms with Crippen molar-refractivity contribution in [2.45, 2.75) is 77.4 Å². The number of benzene rings is 2. The van der Waals surface area contributed by atoms with Crippen LogP contribution in [0.4, 0.5) is 0 Å². The minimum atomic E-state index is -1.40. The van der Waals surface area contributed by atoms with Crippen molar-refractivity contribution in [1.29, 1.82) is 0 Å². The Kier molecular flexibility index (Phi) is 11.6. The Morgan fingerprint density at radius 2 is 1.64 bits per heavy atom. The summed E-state index contributed by atoms with van der Waals surface area (Å²) in [4.78, 5) is 53.4. The lowest BCUT2D eigenvalue weighted by Gasteiger charge is -2.27. The molecule has 4 amide bonds. The van der Waals surface area contributed by atoms with Gasteiger partial charge in [0.05, 0.1) is 25.5 Å². The zero-order chi connectivity index (χ0) is 32.3. The summed E-state index contributed by atoms with van der Waals surface area (Å²) < 4.78 is 7.45. The molecule has 0 fully saturated rings. The second-order valence-corrected chi connectivity index (χ2v) is 11.6. The molecular weight excluding hydrogens is 578 g/mol. The maximum atomic E-state index is 13.5. The number of carbonyl (C=O) groups excluding carboxylic acids is 4. The van der Waals surface area contributed by atoms with Crippen LogP contribution in [0, 0.1) is 5.92 Å². The zero-order valence-electron chi connectivity index (χ0n) is 25.7. The van der Waals surface area contributed by atoms with Crippen LogP contribution < -0.4 is 26.0 Å². The van der Waals surface area contributed by atoms with Crippen LogP contribution in [0.2, 0.25) is 0 Å². The predicted octanol–water partition coefficient (Wildman–Crippen LogP) is 1.11. The summed E-state index contributed by atoms with van der Waals surface area (Å²) in [5.74, 6) is -1.72. The van der Waals surface area contributed by atoms with Crippen molar-refractivity contribution in [1.82, 2.24) is 36.3 Å². The molecule has 2 aliphatic rings. The molecule has 4 bridgehead atoms. The van der Waals surface area contributed by atoms with Gasteiger partial charge in [0, 0.05) is 24.9 Å². The molecule has 240 valence electrons. The minimum Gasteiger partial charge on any atom is -0.494 e. The number of amides is 4. The van der Waals surface area contributed by atoms with E-state index in [0.29, 0.717) is 36.6 Å². The van der Waals surface area contributed by atoms with Crippen molar-refractivity contribution in [3.8, 4) is 5.75 Å². The number of aliphatic hydroxyl groups excluding tert-OH is 1. The molecule has 45 heavy (non-hydrogen) atoms. The van der Waals surface area contributed by atoms with Crippen molar-refractivity contribution in [3.05, 3.63) is 77.6 Å². The van der Waals surface area contributed by atoms with Crippen molar-refractivity contribution >= 4 is 23.6 Å². The van der Waals surface area contributed by atoms with Gasteiger partial charge in [-0.1, -0.05) is 49.4 Å². The van der Waals surface area contributed by atoms with Crippen molar-refractivity contribution in [2.75, 3.05) is 6.61 Å². The third-order valence-electron chi connectivity index (χ3n) is 7.25. The average Bonchev–Trinajstić information content (AvgIpc) is 3.47. The first-order valence-electron chi connectivity index (χ1n) is 15.1. The number of aryl methyl sites for hydroxylation is 1. The molecule has 2 aromatic carbocycles. The highest BCUT2D eigenvalue weighted by molar-refractivity contribution is 5.99. The van der Waals surface area contributed by atoms with E-state index in [-0.39, 0.29) is 25.3 Å². The van der Waals surface area contributed by atoms with Crippen LogP contribution in [0.3, 0.4) is 0 Å². The molecule has 2 aliphatic heterocycles. The molecule has 0 aliphatic carbocycles. The first kappa shape index (κ1) is 33.1. The second-order valence-electron chi connectivity index (χ2n) is 11.6. The lowest BCUT2D eigenvalue weighted by Crippen LogP contribution is -2.60. The summed E-state index contributed by atoms with van der Waals surface area (Å²) in [6.07, 6.45) is 1.51. The highest BCUT2D eigenvalue weighted by atomic mass is 16.5. The fourth-order valence-electron chi connectivity index (χ4n) is 4.87. The van der Waals surface area contributed by atoms with Crippen LogP contribution >= 0.6 is 0 Å². The van der Waals surface area contributed by atoms with Gasteiger partial charge < -0.3 is 31.1 Å². The van der Waals surface area contributed by atoms with E-state index >= 15 is 0 Å². The molecule has 5 rings (SSSR count). The van der Waals surface area contributed by atoms with Crippen LogP contribution in [-0.4, -0.2) is 74.6 Å². The first-order valence-corrected chi connectivity index (χ1v) is 15.1. The van der Waals surface area contributed by atoms with Crippen LogP contribution in [0.25, 0.3) is 0 Å². The quantitative estimate of drug-likeness (QED) is 0.264. The summed E-state index contributed by atoms with van der Waals surface area (Å²) >= 11 is 0. The van der Waals surface area contributed by atoms with Gasteiger partial charge in [-0.05, 0) is 49.1 Å². The SMILES string of the molecule is CC(C)C[C@H]1NC(=O)c2ccc(cc2)OCCCn2cc(nn2)CNC(=O)[C@@H](Cc2ccccc2)NC(=O)[C@H]([C@@H](C)O)NC1=O. The molecule has 3 aromatic rings. The number of nitrogens with one attached hydrogen (secondary N) is 4. The second kappa shape index (κ2) is 15.8. The van der Waals surface area contributed by atoms with Crippen molar-refractivity contribution in [2.24, 2.45) is 5.92 Å². The predicted molar refractivity (Wildman–Crippen MR) is 165 cm³/mol. The summed E-state index contributed by atoms with van der Waals surface area (Å²) in [5.41, 5.74) is 1.66. The van der Waals surface area contributed by atoms with Gasteiger partial charge in [0.25, 0.3) is 5.91 Å². The Labute approximate surface area is 262 Å². The average molecular weight is 620 g/mol. The van der Waals surface area contributed by atoms with Crippen molar-refractivity contribution < 1.29 is 29.0 Å².